The van der Waals surface area contributed by atoms with E-state index in [-0.39, 0.29) is 13.2 Å². The van der Waals surface area contributed by atoms with Crippen molar-refractivity contribution in [2.75, 3.05) is 19.8 Å². The first-order valence-electron chi connectivity index (χ1n) is 9.55. The van der Waals surface area contributed by atoms with Gasteiger partial charge in [-0.3, -0.25) is 0 Å². The molecule has 0 aromatic heterocycles. The van der Waals surface area contributed by atoms with Gasteiger partial charge in [0.25, 0.3) is 0 Å². The van der Waals surface area contributed by atoms with Crippen molar-refractivity contribution >= 4 is 0 Å². The second kappa shape index (κ2) is 13.8. The van der Waals surface area contributed by atoms with Gasteiger partial charge in [-0.2, -0.15) is 0 Å². The zero-order valence-corrected chi connectivity index (χ0v) is 15.1. The topological polar surface area (TPSA) is 79.2 Å². The van der Waals surface area contributed by atoms with Gasteiger partial charge in [0.05, 0.1) is 13.2 Å². The molecule has 1 heterocycles. The minimum atomic E-state index is -1.03. The number of unbranched alkanes of at least 4 members (excludes halogenated alkanes) is 7. The van der Waals surface area contributed by atoms with Crippen molar-refractivity contribution in [1.29, 1.82) is 0 Å². The van der Waals surface area contributed by atoms with E-state index in [1.165, 1.54) is 32.1 Å². The van der Waals surface area contributed by atoms with E-state index in [0.29, 0.717) is 6.61 Å². The molecule has 1 fully saturated rings. The summed E-state index contributed by atoms with van der Waals surface area (Å²) in [5.41, 5.74) is 0. The second-order valence-corrected chi connectivity index (χ2v) is 6.67. The molecule has 3 N–H and O–H groups in total. The molecular formula is C19H36O5. The molecule has 0 radical (unpaired) electrons. The summed E-state index contributed by atoms with van der Waals surface area (Å²) >= 11 is 0. The highest BCUT2D eigenvalue weighted by Crippen LogP contribution is 2.17. The van der Waals surface area contributed by atoms with Gasteiger partial charge in [-0.15, -0.1) is 0 Å². The first-order valence-corrected chi connectivity index (χ1v) is 9.55. The summed E-state index contributed by atoms with van der Waals surface area (Å²) in [6, 6.07) is 0. The van der Waals surface area contributed by atoms with E-state index in [1.54, 1.807) is 0 Å². The van der Waals surface area contributed by atoms with Crippen LogP contribution in [0.5, 0.6) is 0 Å². The molecule has 0 unspecified atom stereocenters. The molecule has 4 atom stereocenters. The van der Waals surface area contributed by atoms with Gasteiger partial charge in [0.2, 0.25) is 0 Å². The Morgan fingerprint density at radius 1 is 1.04 bits per heavy atom. The largest absolute Gasteiger partial charge is 0.388 e. The minimum Gasteiger partial charge on any atom is -0.388 e. The van der Waals surface area contributed by atoms with Crippen LogP contribution in [0.25, 0.3) is 0 Å². The van der Waals surface area contributed by atoms with Crippen LogP contribution in [0.15, 0.2) is 12.2 Å². The predicted molar refractivity (Wildman–Crippen MR) is 94.9 cm³/mol. The molecule has 142 valence electrons. The van der Waals surface area contributed by atoms with Crippen molar-refractivity contribution in [2.24, 2.45) is 0 Å². The Morgan fingerprint density at radius 2 is 1.71 bits per heavy atom. The molecule has 0 saturated carbocycles. The average Bonchev–Trinajstić information content (AvgIpc) is 2.91. The van der Waals surface area contributed by atoms with Crippen LogP contribution in [0, 0.1) is 0 Å². The summed E-state index contributed by atoms with van der Waals surface area (Å²) in [5, 5.41) is 28.9. The number of aliphatic hydroxyl groups excluding tert-OH is 3. The van der Waals surface area contributed by atoms with E-state index in [0.717, 1.165) is 25.7 Å². The maximum atomic E-state index is 9.88. The Morgan fingerprint density at radius 3 is 2.29 bits per heavy atom. The number of hydrogen-bond donors (Lipinski definition) is 3. The lowest BCUT2D eigenvalue weighted by molar-refractivity contribution is -0.0813. The third-order valence-corrected chi connectivity index (χ3v) is 4.41. The van der Waals surface area contributed by atoms with Gasteiger partial charge in [-0.25, -0.2) is 0 Å². The summed E-state index contributed by atoms with van der Waals surface area (Å²) in [7, 11) is 0. The molecule has 0 aliphatic carbocycles. The fraction of sp³-hybridized carbons (Fsp3) is 0.895. The zero-order valence-electron chi connectivity index (χ0n) is 15.1. The first-order chi connectivity index (χ1) is 11.7. The number of allylic oxidation sites excluding steroid dienone is 2. The molecule has 1 saturated heterocycles. The third-order valence-electron chi connectivity index (χ3n) is 4.41. The van der Waals surface area contributed by atoms with E-state index in [2.05, 4.69) is 19.1 Å². The van der Waals surface area contributed by atoms with Crippen LogP contribution >= 0.6 is 0 Å². The fourth-order valence-electron chi connectivity index (χ4n) is 2.83. The maximum Gasteiger partial charge on any atom is 0.114 e. The summed E-state index contributed by atoms with van der Waals surface area (Å²) in [6.07, 6.45) is 11.8. The highest BCUT2D eigenvalue weighted by molar-refractivity contribution is 4.87. The van der Waals surface area contributed by atoms with Crippen molar-refractivity contribution in [3.63, 3.8) is 0 Å². The predicted octanol–water partition coefficient (Wildman–Crippen LogP) is 2.57. The van der Waals surface area contributed by atoms with Gasteiger partial charge in [0.1, 0.15) is 24.4 Å². The molecule has 1 aliphatic heterocycles. The van der Waals surface area contributed by atoms with Gasteiger partial charge in [0.15, 0.2) is 0 Å². The molecule has 0 bridgehead atoms. The normalized spacial score (nSPS) is 25.6. The third kappa shape index (κ3) is 9.14. The first kappa shape index (κ1) is 21.6. The van der Waals surface area contributed by atoms with Crippen molar-refractivity contribution in [1.82, 2.24) is 0 Å². The standard InChI is InChI=1S/C19H36O5/c1-2-3-4-5-6-7-8-9-10-11-12-13-23-14-17(21)19-18(22)16(20)15-24-19/h7-8,16-22H,2-6,9-15H2,1H3/b8-7+/t16-,17+,18-,19-/m1/s1. The lowest BCUT2D eigenvalue weighted by atomic mass is 10.1. The Hall–Kier alpha value is -0.460. The molecular weight excluding hydrogens is 308 g/mol. The van der Waals surface area contributed by atoms with Crippen LogP contribution in [0.1, 0.15) is 64.7 Å². The van der Waals surface area contributed by atoms with Crippen LogP contribution in [-0.2, 0) is 9.47 Å². The van der Waals surface area contributed by atoms with E-state index in [9.17, 15) is 15.3 Å². The van der Waals surface area contributed by atoms with E-state index in [4.69, 9.17) is 9.47 Å². The minimum absolute atomic E-state index is 0.0645. The van der Waals surface area contributed by atoms with Crippen molar-refractivity contribution in [3.8, 4) is 0 Å². The lowest BCUT2D eigenvalue weighted by Crippen LogP contribution is -2.40. The quantitative estimate of drug-likeness (QED) is 0.333. The van der Waals surface area contributed by atoms with Crippen LogP contribution < -0.4 is 0 Å². The number of hydrogen-bond acceptors (Lipinski definition) is 5. The van der Waals surface area contributed by atoms with Crippen LogP contribution in [0.4, 0.5) is 0 Å². The Labute approximate surface area is 146 Å². The number of rotatable bonds is 14. The van der Waals surface area contributed by atoms with Crippen LogP contribution in [0.3, 0.4) is 0 Å². The van der Waals surface area contributed by atoms with E-state index in [1.807, 2.05) is 0 Å². The Kier molecular flexibility index (Phi) is 12.4. The monoisotopic (exact) mass is 344 g/mol. The molecule has 5 heteroatoms. The lowest BCUT2D eigenvalue weighted by Gasteiger charge is -2.20. The van der Waals surface area contributed by atoms with Crippen LogP contribution in [-0.4, -0.2) is 59.6 Å². The fourth-order valence-corrected chi connectivity index (χ4v) is 2.83. The van der Waals surface area contributed by atoms with Gasteiger partial charge in [0, 0.05) is 6.61 Å². The molecule has 1 aliphatic rings. The van der Waals surface area contributed by atoms with Gasteiger partial charge in [-0.05, 0) is 32.1 Å². The number of aliphatic hydroxyl groups is 3. The highest BCUT2D eigenvalue weighted by atomic mass is 16.5. The van der Waals surface area contributed by atoms with Crippen molar-refractivity contribution in [2.45, 2.75) is 89.1 Å². The highest BCUT2D eigenvalue weighted by Gasteiger charge is 2.39. The zero-order chi connectivity index (χ0) is 17.6. The molecule has 0 aromatic rings. The molecule has 0 aromatic carbocycles. The maximum absolute atomic E-state index is 9.88. The van der Waals surface area contributed by atoms with Gasteiger partial charge < -0.3 is 24.8 Å². The SMILES string of the molecule is CCCCCC/C=C/CCCCCOC[C@H](O)[C@H]1OC[C@@H](O)[C@H]1O. The van der Waals surface area contributed by atoms with E-state index >= 15 is 0 Å². The van der Waals surface area contributed by atoms with Gasteiger partial charge >= 0.3 is 0 Å². The molecule has 0 amide bonds. The number of ether oxygens (including phenoxy) is 2. The van der Waals surface area contributed by atoms with E-state index < -0.39 is 24.4 Å². The average molecular weight is 344 g/mol. The van der Waals surface area contributed by atoms with Crippen molar-refractivity contribution < 1.29 is 24.8 Å². The molecule has 1 rings (SSSR count). The Bertz CT molecular complexity index is 321. The second-order valence-electron chi connectivity index (χ2n) is 6.67. The smallest absolute Gasteiger partial charge is 0.114 e. The van der Waals surface area contributed by atoms with Gasteiger partial charge in [-0.1, -0.05) is 44.8 Å². The molecule has 0 spiro atoms. The summed E-state index contributed by atoms with van der Waals surface area (Å²) < 4.78 is 10.6. The molecule has 5 nitrogen and oxygen atoms in total. The summed E-state index contributed by atoms with van der Waals surface area (Å²) in [5.74, 6) is 0. The van der Waals surface area contributed by atoms with Crippen molar-refractivity contribution in [3.05, 3.63) is 12.2 Å². The Balaban J connectivity index is 1.87. The summed E-state index contributed by atoms with van der Waals surface area (Å²) in [4.78, 5) is 0. The summed E-state index contributed by atoms with van der Waals surface area (Å²) in [6.45, 7) is 3.03. The molecule has 24 heavy (non-hydrogen) atoms. The van der Waals surface area contributed by atoms with Crippen LogP contribution in [0.2, 0.25) is 0 Å².